The topological polar surface area (TPSA) is 103 Å². The van der Waals surface area contributed by atoms with Crippen molar-refractivity contribution in [1.82, 2.24) is 9.13 Å². The van der Waals surface area contributed by atoms with Crippen LogP contribution in [0.15, 0.2) is 34.0 Å². The lowest BCUT2D eigenvalue weighted by atomic mass is 10.1. The van der Waals surface area contributed by atoms with Crippen LogP contribution in [0, 0.1) is 11.3 Å². The molecule has 1 aliphatic carbocycles. The number of rotatable bonds is 4. The van der Waals surface area contributed by atoms with Crippen LogP contribution >= 0.6 is 0 Å². The second-order valence-electron chi connectivity index (χ2n) is 5.96. The molecule has 0 amide bonds. The molecule has 1 aromatic carbocycles. The van der Waals surface area contributed by atoms with E-state index < -0.39 is 23.6 Å². The van der Waals surface area contributed by atoms with Crippen molar-refractivity contribution in [2.75, 3.05) is 6.79 Å². The van der Waals surface area contributed by atoms with E-state index in [-0.39, 0.29) is 18.4 Å². The molecule has 0 unspecified atom stereocenters. The maximum absolute atomic E-state index is 12.5. The number of benzene rings is 1. The van der Waals surface area contributed by atoms with E-state index >= 15 is 0 Å². The molecule has 25 heavy (non-hydrogen) atoms. The van der Waals surface area contributed by atoms with E-state index in [1.807, 2.05) is 0 Å². The Morgan fingerprint density at radius 2 is 2.00 bits per heavy atom. The minimum atomic E-state index is -0.751. The van der Waals surface area contributed by atoms with Gasteiger partial charge in [-0.05, 0) is 31.0 Å². The first kappa shape index (κ1) is 15.2. The van der Waals surface area contributed by atoms with Gasteiger partial charge in [-0.2, -0.15) is 5.26 Å². The average Bonchev–Trinajstić information content (AvgIpc) is 3.34. The van der Waals surface area contributed by atoms with Gasteiger partial charge in [0.15, 0.2) is 17.3 Å². The number of nitrogens with zero attached hydrogens (tertiary/aromatic N) is 3. The molecule has 8 heteroatoms. The Kier molecular flexibility index (Phi) is 3.42. The molecule has 2 aliphatic rings. The number of aromatic nitrogens is 2. The first-order chi connectivity index (χ1) is 12.1. The van der Waals surface area contributed by atoms with Gasteiger partial charge < -0.3 is 9.47 Å². The van der Waals surface area contributed by atoms with Crippen molar-refractivity contribution in [3.8, 4) is 17.6 Å². The van der Waals surface area contributed by atoms with Crippen LogP contribution in [0.3, 0.4) is 0 Å². The Morgan fingerprint density at radius 1 is 1.24 bits per heavy atom. The van der Waals surface area contributed by atoms with Gasteiger partial charge in [-0.3, -0.25) is 18.7 Å². The van der Waals surface area contributed by atoms with Crippen LogP contribution in [0.4, 0.5) is 0 Å². The van der Waals surface area contributed by atoms with Gasteiger partial charge in [0.2, 0.25) is 6.79 Å². The Balaban J connectivity index is 1.72. The summed E-state index contributed by atoms with van der Waals surface area (Å²) in [4.78, 5) is 37.3. The first-order valence-corrected chi connectivity index (χ1v) is 7.77. The molecule has 1 aliphatic heterocycles. The number of hydrogen-bond acceptors (Lipinski definition) is 6. The molecule has 0 N–H and O–H groups in total. The number of nitriles is 1. The summed E-state index contributed by atoms with van der Waals surface area (Å²) in [5.74, 6) is 0.561. The third-order valence-corrected chi connectivity index (χ3v) is 4.25. The molecule has 1 saturated carbocycles. The monoisotopic (exact) mass is 339 g/mol. The Labute approximate surface area is 141 Å². The van der Waals surface area contributed by atoms with Crippen molar-refractivity contribution in [3.63, 3.8) is 0 Å². The lowest BCUT2D eigenvalue weighted by Crippen LogP contribution is -2.42. The highest BCUT2D eigenvalue weighted by atomic mass is 16.7. The van der Waals surface area contributed by atoms with Crippen LogP contribution in [0.5, 0.6) is 11.5 Å². The molecule has 4 rings (SSSR count). The minimum absolute atomic E-state index is 0.00732. The second kappa shape index (κ2) is 5.63. The molecular weight excluding hydrogens is 326 g/mol. The fourth-order valence-electron chi connectivity index (χ4n) is 2.76. The molecular formula is C17H13N3O5. The molecule has 126 valence electrons. The summed E-state index contributed by atoms with van der Waals surface area (Å²) in [7, 11) is 0. The van der Waals surface area contributed by atoms with Gasteiger partial charge in [0.05, 0.1) is 6.54 Å². The molecule has 2 heterocycles. The van der Waals surface area contributed by atoms with E-state index in [1.54, 1.807) is 18.2 Å². The summed E-state index contributed by atoms with van der Waals surface area (Å²) in [6.45, 7) is -0.345. The van der Waals surface area contributed by atoms with E-state index in [0.29, 0.717) is 17.1 Å². The third kappa shape index (κ3) is 2.59. The van der Waals surface area contributed by atoms with E-state index in [0.717, 1.165) is 17.4 Å². The lowest BCUT2D eigenvalue weighted by molar-refractivity contribution is 0.0968. The fraction of sp³-hybridized carbons (Fsp3) is 0.294. The van der Waals surface area contributed by atoms with Crippen molar-refractivity contribution >= 4 is 5.78 Å². The summed E-state index contributed by atoms with van der Waals surface area (Å²) in [6.07, 6.45) is 2.92. The van der Waals surface area contributed by atoms with Crippen LogP contribution in [-0.4, -0.2) is 21.7 Å². The van der Waals surface area contributed by atoms with Crippen molar-refractivity contribution < 1.29 is 14.3 Å². The molecule has 2 aromatic rings. The number of carbonyl (C=O) groups excluding carboxylic acids is 1. The first-order valence-electron chi connectivity index (χ1n) is 7.77. The SMILES string of the molecule is N#Cc1cn(C2CC2)c(=O)n(CC(=O)c2ccc3c(c2)OCO3)c1=O. The predicted molar refractivity (Wildman–Crippen MR) is 84.8 cm³/mol. The number of hydrogen-bond donors (Lipinski definition) is 0. The zero-order valence-corrected chi connectivity index (χ0v) is 13.1. The largest absolute Gasteiger partial charge is 0.454 e. The summed E-state index contributed by atoms with van der Waals surface area (Å²) in [6, 6.07) is 6.46. The van der Waals surface area contributed by atoms with Crippen molar-refractivity contribution in [1.29, 1.82) is 5.26 Å². The average molecular weight is 339 g/mol. The summed E-state index contributed by atoms with van der Waals surface area (Å²) < 4.78 is 12.6. The highest BCUT2D eigenvalue weighted by molar-refractivity contribution is 5.96. The molecule has 0 bridgehead atoms. The normalized spacial score (nSPS) is 15.0. The number of Topliss-reactive ketones (excluding diaryl/α,β-unsaturated/α-hetero) is 1. The molecule has 8 nitrogen and oxygen atoms in total. The Hall–Kier alpha value is -3.34. The Bertz CT molecular complexity index is 1040. The number of carbonyl (C=O) groups is 1. The van der Waals surface area contributed by atoms with Crippen molar-refractivity contribution in [2.45, 2.75) is 25.4 Å². The highest BCUT2D eigenvalue weighted by Gasteiger charge is 2.27. The lowest BCUT2D eigenvalue weighted by Gasteiger charge is -2.10. The van der Waals surface area contributed by atoms with Gasteiger partial charge in [0.25, 0.3) is 5.56 Å². The molecule has 0 saturated heterocycles. The van der Waals surface area contributed by atoms with Gasteiger partial charge >= 0.3 is 5.69 Å². The van der Waals surface area contributed by atoms with Crippen LogP contribution in [0.25, 0.3) is 0 Å². The van der Waals surface area contributed by atoms with Gasteiger partial charge in [0.1, 0.15) is 11.6 Å². The van der Waals surface area contributed by atoms with Crippen LogP contribution < -0.4 is 20.7 Å². The third-order valence-electron chi connectivity index (χ3n) is 4.25. The fourth-order valence-corrected chi connectivity index (χ4v) is 2.76. The smallest absolute Gasteiger partial charge is 0.331 e. The van der Waals surface area contributed by atoms with Gasteiger partial charge in [0, 0.05) is 17.8 Å². The molecule has 1 aromatic heterocycles. The zero-order valence-electron chi connectivity index (χ0n) is 13.1. The quantitative estimate of drug-likeness (QED) is 0.764. The van der Waals surface area contributed by atoms with E-state index in [4.69, 9.17) is 14.7 Å². The van der Waals surface area contributed by atoms with Gasteiger partial charge in [-0.1, -0.05) is 0 Å². The van der Waals surface area contributed by atoms with E-state index in [9.17, 15) is 14.4 Å². The minimum Gasteiger partial charge on any atom is -0.454 e. The molecule has 1 fully saturated rings. The zero-order chi connectivity index (χ0) is 17.6. The number of ether oxygens (including phenoxy) is 2. The summed E-state index contributed by atoms with van der Waals surface area (Å²) >= 11 is 0. The maximum Gasteiger partial charge on any atom is 0.331 e. The van der Waals surface area contributed by atoms with Gasteiger partial charge in [-0.25, -0.2) is 4.79 Å². The number of ketones is 1. The predicted octanol–water partition coefficient (Wildman–Crippen LogP) is 0.828. The molecule has 0 radical (unpaired) electrons. The van der Waals surface area contributed by atoms with E-state index in [1.165, 1.54) is 16.8 Å². The standard InChI is InChI=1S/C17H13N3O5/c18-6-11-7-19(12-2-3-12)17(23)20(16(11)22)8-13(21)10-1-4-14-15(5-10)25-9-24-14/h1,4-5,7,12H,2-3,8-9H2. The Morgan fingerprint density at radius 3 is 2.72 bits per heavy atom. The molecule has 0 spiro atoms. The van der Waals surface area contributed by atoms with E-state index in [2.05, 4.69) is 0 Å². The number of fused-ring (bicyclic) bond motifs is 1. The van der Waals surface area contributed by atoms with Crippen molar-refractivity contribution in [3.05, 3.63) is 56.4 Å². The molecule has 0 atom stereocenters. The summed E-state index contributed by atoms with van der Waals surface area (Å²) in [5, 5.41) is 9.12. The summed E-state index contributed by atoms with van der Waals surface area (Å²) in [5.41, 5.74) is -1.17. The second-order valence-corrected chi connectivity index (χ2v) is 5.96. The van der Waals surface area contributed by atoms with Crippen LogP contribution in [-0.2, 0) is 6.54 Å². The maximum atomic E-state index is 12.5. The highest BCUT2D eigenvalue weighted by Crippen LogP contribution is 2.33. The van der Waals surface area contributed by atoms with Crippen molar-refractivity contribution in [2.24, 2.45) is 0 Å². The van der Waals surface area contributed by atoms with Gasteiger partial charge in [-0.15, -0.1) is 0 Å². The van der Waals surface area contributed by atoms with Crippen LogP contribution in [0.1, 0.15) is 34.8 Å². The van der Waals surface area contributed by atoms with Crippen LogP contribution in [0.2, 0.25) is 0 Å².